The molecule has 1 heteroatoms. The third-order valence-corrected chi connectivity index (χ3v) is 13.9. The highest BCUT2D eigenvalue weighted by atomic mass is 16.3. The van der Waals surface area contributed by atoms with E-state index in [1.807, 2.05) is 0 Å². The maximum atomic E-state index is 10.7. The zero-order valence-corrected chi connectivity index (χ0v) is 22.1. The summed E-state index contributed by atoms with van der Waals surface area (Å²) >= 11 is 0. The van der Waals surface area contributed by atoms with Gasteiger partial charge in [0, 0.05) is 0 Å². The Balaban J connectivity index is 1.54. The molecule has 10 atom stereocenters. The van der Waals surface area contributed by atoms with E-state index >= 15 is 0 Å². The molecule has 0 heterocycles. The maximum absolute atomic E-state index is 10.7. The molecule has 5 aliphatic carbocycles. The molecule has 0 radical (unpaired) electrons. The Labute approximate surface area is 193 Å². The third kappa shape index (κ3) is 2.77. The SMILES string of the molecule is CC1C(O)CC[C@@H]2C1(C)CC[C@H]1C2(C)CC[C@@]2(C)C3CC(C)(C)CCC3(C)CCC12C. The highest BCUT2D eigenvalue weighted by Crippen LogP contribution is 2.78. The Morgan fingerprint density at radius 1 is 0.581 bits per heavy atom. The predicted molar refractivity (Wildman–Crippen MR) is 131 cm³/mol. The second-order valence-electron chi connectivity index (χ2n) is 15.5. The lowest BCUT2D eigenvalue weighted by atomic mass is 9.30. The summed E-state index contributed by atoms with van der Waals surface area (Å²) in [5, 5.41) is 10.7. The molecule has 0 bridgehead atoms. The molecule has 0 aromatic rings. The number of hydrogen-bond donors (Lipinski definition) is 1. The van der Waals surface area contributed by atoms with Gasteiger partial charge in [0.2, 0.25) is 0 Å². The van der Waals surface area contributed by atoms with Gasteiger partial charge in [0.25, 0.3) is 0 Å². The first-order chi connectivity index (χ1) is 14.2. The predicted octanol–water partition coefficient (Wildman–Crippen LogP) is 8.25. The molecule has 0 spiro atoms. The van der Waals surface area contributed by atoms with Gasteiger partial charge in [-0.25, -0.2) is 0 Å². The molecule has 0 aliphatic heterocycles. The van der Waals surface area contributed by atoms with Crippen molar-refractivity contribution in [3.63, 3.8) is 0 Å². The number of aliphatic hydroxyl groups is 1. The molecular formula is C30H52O. The van der Waals surface area contributed by atoms with Crippen molar-refractivity contribution in [3.05, 3.63) is 0 Å². The molecule has 5 aliphatic rings. The van der Waals surface area contributed by atoms with Crippen molar-refractivity contribution in [2.75, 3.05) is 0 Å². The second kappa shape index (κ2) is 6.55. The quantitative estimate of drug-likeness (QED) is 0.412. The van der Waals surface area contributed by atoms with E-state index in [0.29, 0.717) is 38.4 Å². The minimum Gasteiger partial charge on any atom is -0.393 e. The highest BCUT2D eigenvalue weighted by Gasteiger charge is 2.70. The number of hydrogen-bond acceptors (Lipinski definition) is 1. The van der Waals surface area contributed by atoms with Crippen molar-refractivity contribution < 1.29 is 5.11 Å². The van der Waals surface area contributed by atoms with Crippen molar-refractivity contribution >= 4 is 0 Å². The zero-order valence-electron chi connectivity index (χ0n) is 22.1. The molecule has 0 amide bonds. The average molecular weight is 429 g/mol. The van der Waals surface area contributed by atoms with E-state index in [0.717, 1.165) is 24.2 Å². The largest absolute Gasteiger partial charge is 0.393 e. The fourth-order valence-corrected chi connectivity index (χ4v) is 11.4. The van der Waals surface area contributed by atoms with Gasteiger partial charge in [-0.2, -0.15) is 0 Å². The lowest BCUT2D eigenvalue weighted by molar-refractivity contribution is -0.263. The number of fused-ring (bicyclic) bond motifs is 7. The fraction of sp³-hybridized carbons (Fsp3) is 1.00. The van der Waals surface area contributed by atoms with Crippen molar-refractivity contribution in [1.82, 2.24) is 0 Å². The topological polar surface area (TPSA) is 20.2 Å². The molecule has 1 N–H and O–H groups in total. The van der Waals surface area contributed by atoms with E-state index in [1.165, 1.54) is 64.2 Å². The third-order valence-electron chi connectivity index (χ3n) is 13.9. The molecule has 7 unspecified atom stereocenters. The van der Waals surface area contributed by atoms with Gasteiger partial charge in [-0.3, -0.25) is 0 Å². The van der Waals surface area contributed by atoms with Gasteiger partial charge in [0.15, 0.2) is 0 Å². The first-order valence-corrected chi connectivity index (χ1v) is 13.9. The molecule has 5 rings (SSSR count). The van der Waals surface area contributed by atoms with Gasteiger partial charge in [0.1, 0.15) is 0 Å². The summed E-state index contributed by atoms with van der Waals surface area (Å²) < 4.78 is 0. The van der Waals surface area contributed by atoms with Crippen LogP contribution in [0, 0.1) is 56.2 Å². The van der Waals surface area contributed by atoms with Crippen LogP contribution in [0.4, 0.5) is 0 Å². The van der Waals surface area contributed by atoms with Crippen LogP contribution >= 0.6 is 0 Å². The van der Waals surface area contributed by atoms with Crippen LogP contribution < -0.4 is 0 Å². The van der Waals surface area contributed by atoms with E-state index in [2.05, 4.69) is 55.4 Å². The van der Waals surface area contributed by atoms with Gasteiger partial charge in [-0.05, 0) is 127 Å². The second-order valence-corrected chi connectivity index (χ2v) is 15.5. The molecule has 178 valence electrons. The van der Waals surface area contributed by atoms with Crippen molar-refractivity contribution in [1.29, 1.82) is 0 Å². The van der Waals surface area contributed by atoms with Crippen LogP contribution in [0.2, 0.25) is 0 Å². The van der Waals surface area contributed by atoms with Gasteiger partial charge in [-0.15, -0.1) is 0 Å². The molecule has 0 aromatic heterocycles. The zero-order chi connectivity index (χ0) is 22.7. The first-order valence-electron chi connectivity index (χ1n) is 13.9. The fourth-order valence-electron chi connectivity index (χ4n) is 11.4. The normalized spacial score (nSPS) is 60.9. The monoisotopic (exact) mass is 428 g/mol. The first kappa shape index (κ1) is 22.7. The van der Waals surface area contributed by atoms with Gasteiger partial charge in [0.05, 0.1) is 6.10 Å². The number of aliphatic hydroxyl groups excluding tert-OH is 1. The van der Waals surface area contributed by atoms with Crippen LogP contribution in [-0.4, -0.2) is 11.2 Å². The van der Waals surface area contributed by atoms with Crippen LogP contribution in [0.15, 0.2) is 0 Å². The Kier molecular flexibility index (Phi) is 4.80. The van der Waals surface area contributed by atoms with E-state index < -0.39 is 0 Å². The van der Waals surface area contributed by atoms with E-state index in [9.17, 15) is 5.11 Å². The molecular weight excluding hydrogens is 376 g/mol. The van der Waals surface area contributed by atoms with Crippen LogP contribution in [-0.2, 0) is 0 Å². The van der Waals surface area contributed by atoms with Crippen LogP contribution in [0.3, 0.4) is 0 Å². The Morgan fingerprint density at radius 3 is 1.90 bits per heavy atom. The Bertz CT molecular complexity index is 741. The van der Waals surface area contributed by atoms with Gasteiger partial charge >= 0.3 is 0 Å². The summed E-state index contributed by atoms with van der Waals surface area (Å²) in [5.41, 5.74) is 2.88. The van der Waals surface area contributed by atoms with Crippen LogP contribution in [0.25, 0.3) is 0 Å². The van der Waals surface area contributed by atoms with Crippen molar-refractivity contribution in [2.45, 2.75) is 132 Å². The minimum absolute atomic E-state index is 0.0781. The van der Waals surface area contributed by atoms with Gasteiger partial charge < -0.3 is 5.11 Å². The smallest absolute Gasteiger partial charge is 0.0571 e. The summed E-state index contributed by atoms with van der Waals surface area (Å²) in [6, 6.07) is 0. The van der Waals surface area contributed by atoms with Crippen LogP contribution in [0.5, 0.6) is 0 Å². The maximum Gasteiger partial charge on any atom is 0.0571 e. The molecule has 1 nitrogen and oxygen atoms in total. The lowest BCUT2D eigenvalue weighted by Crippen LogP contribution is -2.67. The molecule has 5 fully saturated rings. The Morgan fingerprint density at radius 2 is 1.19 bits per heavy atom. The summed E-state index contributed by atoms with van der Waals surface area (Å²) in [4.78, 5) is 0. The van der Waals surface area contributed by atoms with Gasteiger partial charge in [-0.1, -0.05) is 55.4 Å². The van der Waals surface area contributed by atoms with E-state index in [4.69, 9.17) is 0 Å². The minimum atomic E-state index is -0.0781. The van der Waals surface area contributed by atoms with Crippen LogP contribution in [0.1, 0.15) is 126 Å². The average Bonchev–Trinajstić information content (AvgIpc) is 2.69. The summed E-state index contributed by atoms with van der Waals surface area (Å²) in [5.74, 6) is 3.02. The Hall–Kier alpha value is -0.0400. The van der Waals surface area contributed by atoms with E-state index in [1.54, 1.807) is 0 Å². The standard InChI is InChI=1S/C30H52O/c1-20-21(31)9-10-22-27(20,5)12-11-23-28(22,6)16-18-30(8)24-19-25(2,3)13-14-26(24,4)15-17-29(23,30)7/h20-24,31H,9-19H2,1-8H3/t20?,21?,22-,23+,24?,26?,27?,28?,29?,30+/m1/s1. The molecule has 0 aromatic carbocycles. The van der Waals surface area contributed by atoms with E-state index in [-0.39, 0.29) is 6.10 Å². The molecule has 0 saturated heterocycles. The molecule has 31 heavy (non-hydrogen) atoms. The number of rotatable bonds is 0. The highest BCUT2D eigenvalue weighted by molar-refractivity contribution is 5.19. The summed E-state index contributed by atoms with van der Waals surface area (Å²) in [6.07, 6.45) is 15.1. The summed E-state index contributed by atoms with van der Waals surface area (Å²) in [7, 11) is 0. The lowest BCUT2D eigenvalue weighted by Gasteiger charge is -2.75. The molecule has 5 saturated carbocycles. The summed E-state index contributed by atoms with van der Waals surface area (Å²) in [6.45, 7) is 20.9. The van der Waals surface area contributed by atoms with Crippen molar-refractivity contribution in [2.24, 2.45) is 56.2 Å². The van der Waals surface area contributed by atoms with Crippen molar-refractivity contribution in [3.8, 4) is 0 Å².